The summed E-state index contributed by atoms with van der Waals surface area (Å²) in [5, 5.41) is 0. The van der Waals surface area contributed by atoms with Gasteiger partial charge < -0.3 is 0 Å². The lowest BCUT2D eigenvalue weighted by atomic mass is 9.70. The summed E-state index contributed by atoms with van der Waals surface area (Å²) in [6, 6.07) is 0. The van der Waals surface area contributed by atoms with Gasteiger partial charge in [-0.3, -0.25) is 0 Å². The van der Waals surface area contributed by atoms with Crippen LogP contribution in [0, 0.1) is 17.8 Å². The van der Waals surface area contributed by atoms with Crippen molar-refractivity contribution in [2.75, 3.05) is 11.5 Å². The van der Waals surface area contributed by atoms with Crippen molar-refractivity contribution >= 4 is 23.5 Å². The van der Waals surface area contributed by atoms with E-state index in [2.05, 4.69) is 30.4 Å². The lowest BCUT2D eigenvalue weighted by molar-refractivity contribution is 0.174. The summed E-state index contributed by atoms with van der Waals surface area (Å²) < 4.78 is 1.73. The van der Waals surface area contributed by atoms with Gasteiger partial charge in [-0.15, -0.1) is 23.5 Å². The van der Waals surface area contributed by atoms with Crippen molar-refractivity contribution in [2.24, 2.45) is 17.8 Å². The molecule has 1 saturated heterocycles. The Hall–Kier alpha value is 0.440. The molecule has 21 heavy (non-hydrogen) atoms. The molecule has 2 saturated carbocycles. The molecule has 0 bridgehead atoms. The Labute approximate surface area is 140 Å². The first kappa shape index (κ1) is 16.3. The highest BCUT2D eigenvalue weighted by Gasteiger charge is 2.30. The third-order valence-corrected chi connectivity index (χ3v) is 8.73. The Balaban J connectivity index is 1.46. The zero-order chi connectivity index (χ0) is 14.5. The minimum atomic E-state index is 1.07. The van der Waals surface area contributed by atoms with E-state index in [0.29, 0.717) is 0 Å². The Morgan fingerprint density at radius 1 is 0.857 bits per heavy atom. The molecule has 0 amide bonds. The Morgan fingerprint density at radius 2 is 1.48 bits per heavy atom. The molecule has 2 aliphatic carbocycles. The zero-order valence-corrected chi connectivity index (χ0v) is 15.4. The number of hydrogen-bond acceptors (Lipinski definition) is 2. The van der Waals surface area contributed by atoms with Crippen LogP contribution in [0.4, 0.5) is 0 Å². The molecular formula is C19H32S2. The van der Waals surface area contributed by atoms with Gasteiger partial charge >= 0.3 is 0 Å². The maximum atomic E-state index is 2.35. The summed E-state index contributed by atoms with van der Waals surface area (Å²) in [7, 11) is 0. The van der Waals surface area contributed by atoms with E-state index in [9.17, 15) is 0 Å². The van der Waals surface area contributed by atoms with Gasteiger partial charge in [0.05, 0.1) is 0 Å². The van der Waals surface area contributed by atoms with E-state index in [4.69, 9.17) is 0 Å². The van der Waals surface area contributed by atoms with E-state index in [1.54, 1.807) is 17.1 Å². The minimum Gasteiger partial charge on any atom is -0.119 e. The van der Waals surface area contributed by atoms with Gasteiger partial charge in [0.25, 0.3) is 0 Å². The van der Waals surface area contributed by atoms with Gasteiger partial charge in [0.2, 0.25) is 0 Å². The fourth-order valence-electron chi connectivity index (χ4n) is 4.66. The topological polar surface area (TPSA) is 0 Å². The molecule has 1 heterocycles. The van der Waals surface area contributed by atoms with Gasteiger partial charge in [0, 0.05) is 4.24 Å². The monoisotopic (exact) mass is 324 g/mol. The average Bonchev–Trinajstić information content (AvgIpc) is 2.57. The van der Waals surface area contributed by atoms with E-state index in [0.717, 1.165) is 17.8 Å². The second-order valence-electron chi connectivity index (χ2n) is 7.35. The maximum Gasteiger partial charge on any atom is 0.0392 e. The number of rotatable bonds is 3. The smallest absolute Gasteiger partial charge is 0.0392 e. The lowest BCUT2D eigenvalue weighted by Crippen LogP contribution is -2.24. The first-order valence-electron chi connectivity index (χ1n) is 9.34. The van der Waals surface area contributed by atoms with Crippen molar-refractivity contribution in [1.29, 1.82) is 0 Å². The maximum absolute atomic E-state index is 2.35. The fraction of sp³-hybridized carbons (Fsp3) is 0.895. The molecule has 3 aliphatic rings. The molecule has 1 aliphatic heterocycles. The van der Waals surface area contributed by atoms with Crippen LogP contribution in [0.1, 0.15) is 77.6 Å². The van der Waals surface area contributed by atoms with Crippen molar-refractivity contribution in [3.8, 4) is 0 Å². The first-order valence-corrected chi connectivity index (χ1v) is 11.3. The predicted molar refractivity (Wildman–Crippen MR) is 98.9 cm³/mol. The van der Waals surface area contributed by atoms with E-state index >= 15 is 0 Å². The van der Waals surface area contributed by atoms with Crippen molar-refractivity contribution in [3.63, 3.8) is 0 Å². The Kier molecular flexibility index (Phi) is 6.47. The highest BCUT2D eigenvalue weighted by molar-refractivity contribution is 8.22. The summed E-state index contributed by atoms with van der Waals surface area (Å²) in [5.41, 5.74) is 1.83. The van der Waals surface area contributed by atoms with Gasteiger partial charge in [0.15, 0.2) is 0 Å². The molecule has 0 unspecified atom stereocenters. The molecule has 0 aromatic heterocycles. The largest absolute Gasteiger partial charge is 0.119 e. The summed E-state index contributed by atoms with van der Waals surface area (Å²) >= 11 is 4.31. The third kappa shape index (κ3) is 4.47. The van der Waals surface area contributed by atoms with Crippen molar-refractivity contribution in [3.05, 3.63) is 9.81 Å². The Morgan fingerprint density at radius 3 is 2.10 bits per heavy atom. The summed E-state index contributed by atoms with van der Waals surface area (Å²) in [5.74, 6) is 5.96. The third-order valence-electron chi connectivity index (χ3n) is 5.93. The summed E-state index contributed by atoms with van der Waals surface area (Å²) in [6.07, 6.45) is 16.3. The molecule has 0 aromatic rings. The van der Waals surface area contributed by atoms with Crippen molar-refractivity contribution in [2.45, 2.75) is 77.6 Å². The van der Waals surface area contributed by atoms with Crippen LogP contribution < -0.4 is 0 Å². The van der Waals surface area contributed by atoms with Crippen LogP contribution in [0.3, 0.4) is 0 Å². The fourth-order valence-corrected chi connectivity index (χ4v) is 7.44. The number of allylic oxidation sites excluding steroid dienone is 1. The van der Waals surface area contributed by atoms with Gasteiger partial charge in [0.1, 0.15) is 0 Å². The highest BCUT2D eigenvalue weighted by Crippen LogP contribution is 2.46. The number of hydrogen-bond donors (Lipinski definition) is 0. The molecule has 0 N–H and O–H groups in total. The van der Waals surface area contributed by atoms with Crippen LogP contribution in [0.2, 0.25) is 0 Å². The van der Waals surface area contributed by atoms with Gasteiger partial charge in [-0.05, 0) is 74.2 Å². The second kappa shape index (κ2) is 8.34. The van der Waals surface area contributed by atoms with E-state index < -0.39 is 0 Å². The van der Waals surface area contributed by atoms with E-state index in [1.807, 2.05) is 5.57 Å². The normalized spacial score (nSPS) is 35.0. The van der Waals surface area contributed by atoms with Crippen LogP contribution in [-0.2, 0) is 0 Å². The quantitative estimate of drug-likeness (QED) is 0.556. The van der Waals surface area contributed by atoms with Gasteiger partial charge in [-0.25, -0.2) is 0 Å². The van der Waals surface area contributed by atoms with Gasteiger partial charge in [-0.2, -0.15) is 0 Å². The van der Waals surface area contributed by atoms with Gasteiger partial charge in [-0.1, -0.05) is 38.2 Å². The first-order chi connectivity index (χ1) is 10.4. The summed E-state index contributed by atoms with van der Waals surface area (Å²) in [6.45, 7) is 2.35. The van der Waals surface area contributed by atoms with Crippen LogP contribution >= 0.6 is 23.5 Å². The molecule has 0 spiro atoms. The molecule has 0 atom stereocenters. The minimum absolute atomic E-state index is 1.07. The molecule has 0 radical (unpaired) electrons. The number of thioether (sulfide) groups is 2. The molecule has 3 fully saturated rings. The average molecular weight is 325 g/mol. The van der Waals surface area contributed by atoms with E-state index in [-0.39, 0.29) is 0 Å². The second-order valence-corrected chi connectivity index (χ2v) is 9.82. The standard InChI is InChI=1S/C19H32S2/c1-2-4-15-5-7-16(8-6-15)17-9-11-18(12-10-17)19-20-13-3-14-21-19/h15-17H,2-14H2,1H3. The Bertz CT molecular complexity index is 335. The van der Waals surface area contributed by atoms with Crippen LogP contribution in [0.25, 0.3) is 0 Å². The lowest BCUT2D eigenvalue weighted by Gasteiger charge is -2.37. The molecule has 0 aromatic carbocycles. The molecule has 120 valence electrons. The van der Waals surface area contributed by atoms with Crippen molar-refractivity contribution < 1.29 is 0 Å². The molecule has 3 rings (SSSR count). The zero-order valence-electron chi connectivity index (χ0n) is 13.7. The van der Waals surface area contributed by atoms with Crippen molar-refractivity contribution in [1.82, 2.24) is 0 Å². The molecule has 2 heteroatoms. The van der Waals surface area contributed by atoms with Crippen LogP contribution in [-0.4, -0.2) is 11.5 Å². The SMILES string of the molecule is CCCC1CCC(C2CCC(=C3SCCCS3)CC2)CC1. The molecular weight excluding hydrogens is 292 g/mol. The molecule has 0 nitrogen and oxygen atoms in total. The highest BCUT2D eigenvalue weighted by atomic mass is 32.2. The summed E-state index contributed by atoms with van der Waals surface area (Å²) in [4.78, 5) is 0. The van der Waals surface area contributed by atoms with E-state index in [1.165, 1.54) is 69.3 Å². The predicted octanol–water partition coefficient (Wildman–Crippen LogP) is 6.86. The van der Waals surface area contributed by atoms with Crippen LogP contribution in [0.15, 0.2) is 9.81 Å². The van der Waals surface area contributed by atoms with Crippen LogP contribution in [0.5, 0.6) is 0 Å².